The van der Waals surface area contributed by atoms with E-state index in [1.54, 1.807) is 0 Å². The second kappa shape index (κ2) is 8.42. The fourth-order valence-electron chi connectivity index (χ4n) is 1.87. The van der Waals surface area contributed by atoms with Crippen molar-refractivity contribution in [2.45, 2.75) is 6.42 Å². The molecule has 124 valence electrons. The van der Waals surface area contributed by atoms with Crippen molar-refractivity contribution in [2.75, 3.05) is 6.54 Å². The van der Waals surface area contributed by atoms with E-state index in [4.69, 9.17) is 0 Å². The lowest BCUT2D eigenvalue weighted by atomic mass is 10.1. The summed E-state index contributed by atoms with van der Waals surface area (Å²) in [6, 6.07) is 14.0. The van der Waals surface area contributed by atoms with Crippen LogP contribution in [0, 0.1) is 5.82 Å². The lowest BCUT2D eigenvalue weighted by Crippen LogP contribution is -2.46. The van der Waals surface area contributed by atoms with Crippen molar-refractivity contribution in [1.29, 1.82) is 0 Å². The maximum Gasteiger partial charge on any atom is 0.269 e. The third kappa shape index (κ3) is 5.53. The van der Waals surface area contributed by atoms with Crippen LogP contribution in [0.3, 0.4) is 0 Å². The van der Waals surface area contributed by atoms with Gasteiger partial charge >= 0.3 is 0 Å². The minimum absolute atomic E-state index is 0.163. The topological polar surface area (TPSA) is 87.3 Å². The predicted molar refractivity (Wildman–Crippen MR) is 85.2 cm³/mol. The van der Waals surface area contributed by atoms with E-state index in [0.29, 0.717) is 0 Å². The molecule has 0 radical (unpaired) electrons. The molecular weight excluding hydrogens is 313 g/mol. The normalized spacial score (nSPS) is 9.88. The number of benzene rings is 2. The van der Waals surface area contributed by atoms with Gasteiger partial charge in [0, 0.05) is 5.56 Å². The molecule has 0 saturated carbocycles. The van der Waals surface area contributed by atoms with E-state index in [9.17, 15) is 18.8 Å². The molecule has 2 aromatic carbocycles. The van der Waals surface area contributed by atoms with Crippen LogP contribution in [0.15, 0.2) is 54.6 Å². The van der Waals surface area contributed by atoms with Crippen molar-refractivity contribution >= 4 is 17.7 Å². The van der Waals surface area contributed by atoms with Crippen LogP contribution in [0.1, 0.15) is 15.9 Å². The highest BCUT2D eigenvalue weighted by molar-refractivity contribution is 5.95. The van der Waals surface area contributed by atoms with Crippen molar-refractivity contribution in [2.24, 2.45) is 0 Å². The molecular formula is C17H16FN3O3. The molecule has 0 heterocycles. The number of rotatable bonds is 5. The van der Waals surface area contributed by atoms with Gasteiger partial charge in [-0.15, -0.1) is 0 Å². The van der Waals surface area contributed by atoms with Crippen molar-refractivity contribution < 1.29 is 18.8 Å². The van der Waals surface area contributed by atoms with Gasteiger partial charge in [-0.05, 0) is 29.8 Å². The van der Waals surface area contributed by atoms with Crippen LogP contribution in [0.5, 0.6) is 0 Å². The Morgan fingerprint density at radius 2 is 1.50 bits per heavy atom. The summed E-state index contributed by atoms with van der Waals surface area (Å²) in [5.41, 5.74) is 5.38. The summed E-state index contributed by atoms with van der Waals surface area (Å²) in [5, 5.41) is 2.45. The summed E-state index contributed by atoms with van der Waals surface area (Å²) in [4.78, 5) is 35.0. The van der Waals surface area contributed by atoms with Crippen LogP contribution in [-0.4, -0.2) is 24.3 Å². The summed E-state index contributed by atoms with van der Waals surface area (Å²) in [7, 11) is 0. The first-order chi connectivity index (χ1) is 11.5. The SMILES string of the molecule is O=C(Cc1ccccc1)NCC(=O)NNC(=O)c1ccc(F)cc1. The van der Waals surface area contributed by atoms with Crippen LogP contribution < -0.4 is 16.2 Å². The highest BCUT2D eigenvalue weighted by atomic mass is 19.1. The van der Waals surface area contributed by atoms with Crippen LogP contribution in [0.25, 0.3) is 0 Å². The van der Waals surface area contributed by atoms with Crippen LogP contribution in [-0.2, 0) is 16.0 Å². The van der Waals surface area contributed by atoms with E-state index < -0.39 is 17.6 Å². The van der Waals surface area contributed by atoms with Crippen molar-refractivity contribution in [1.82, 2.24) is 16.2 Å². The number of nitrogens with one attached hydrogen (secondary N) is 3. The molecule has 3 amide bonds. The zero-order valence-electron chi connectivity index (χ0n) is 12.7. The number of halogens is 1. The van der Waals surface area contributed by atoms with Gasteiger partial charge in [-0.2, -0.15) is 0 Å². The van der Waals surface area contributed by atoms with Gasteiger partial charge in [0.1, 0.15) is 5.82 Å². The van der Waals surface area contributed by atoms with Crippen molar-refractivity contribution in [3.63, 3.8) is 0 Å². The van der Waals surface area contributed by atoms with Gasteiger partial charge in [-0.25, -0.2) is 4.39 Å². The van der Waals surface area contributed by atoms with Gasteiger partial charge in [0.05, 0.1) is 13.0 Å². The van der Waals surface area contributed by atoms with Gasteiger partial charge in [-0.1, -0.05) is 30.3 Å². The molecule has 6 nitrogen and oxygen atoms in total. The Labute approximate surface area is 138 Å². The third-order valence-electron chi connectivity index (χ3n) is 3.08. The molecule has 0 aliphatic rings. The summed E-state index contributed by atoms with van der Waals surface area (Å²) in [5.74, 6) is -1.93. The average molecular weight is 329 g/mol. The van der Waals surface area contributed by atoms with Crippen LogP contribution in [0.4, 0.5) is 4.39 Å². The number of hydrogen-bond donors (Lipinski definition) is 3. The molecule has 0 spiro atoms. The Morgan fingerprint density at radius 1 is 0.833 bits per heavy atom. The monoisotopic (exact) mass is 329 g/mol. The van der Waals surface area contributed by atoms with Crippen molar-refractivity contribution in [3.05, 3.63) is 71.5 Å². The molecule has 0 aromatic heterocycles. The number of amides is 3. The van der Waals surface area contributed by atoms with E-state index >= 15 is 0 Å². The zero-order chi connectivity index (χ0) is 17.4. The van der Waals surface area contributed by atoms with Gasteiger partial charge in [-0.3, -0.25) is 25.2 Å². The van der Waals surface area contributed by atoms with Gasteiger partial charge < -0.3 is 5.32 Å². The second-order valence-corrected chi connectivity index (χ2v) is 4.95. The highest BCUT2D eigenvalue weighted by Crippen LogP contribution is 2.01. The molecule has 2 aromatic rings. The van der Waals surface area contributed by atoms with Gasteiger partial charge in [0.15, 0.2) is 0 Å². The molecule has 0 atom stereocenters. The van der Waals surface area contributed by atoms with E-state index in [2.05, 4.69) is 16.2 Å². The van der Waals surface area contributed by atoms with Crippen LogP contribution >= 0.6 is 0 Å². The summed E-state index contributed by atoms with van der Waals surface area (Å²) < 4.78 is 12.8. The van der Waals surface area contributed by atoms with E-state index in [0.717, 1.165) is 17.7 Å². The van der Waals surface area contributed by atoms with Crippen molar-refractivity contribution in [3.8, 4) is 0 Å². The lowest BCUT2D eigenvalue weighted by molar-refractivity contribution is -0.126. The Bertz CT molecular complexity index is 718. The first kappa shape index (κ1) is 17.1. The summed E-state index contributed by atoms with van der Waals surface area (Å²) >= 11 is 0. The van der Waals surface area contributed by atoms with Crippen LogP contribution in [0.2, 0.25) is 0 Å². The molecule has 0 bridgehead atoms. The number of hydrogen-bond acceptors (Lipinski definition) is 3. The zero-order valence-corrected chi connectivity index (χ0v) is 12.7. The van der Waals surface area contributed by atoms with Gasteiger partial charge in [0.25, 0.3) is 11.8 Å². The molecule has 0 aliphatic heterocycles. The van der Waals surface area contributed by atoms with E-state index in [1.807, 2.05) is 30.3 Å². The quantitative estimate of drug-likeness (QED) is 0.714. The Balaban J connectivity index is 1.70. The third-order valence-corrected chi connectivity index (χ3v) is 3.08. The molecule has 2 rings (SSSR count). The second-order valence-electron chi connectivity index (χ2n) is 4.95. The first-order valence-electron chi connectivity index (χ1n) is 7.20. The fraction of sp³-hybridized carbons (Fsp3) is 0.118. The maximum absolute atomic E-state index is 12.8. The molecule has 0 aliphatic carbocycles. The fourth-order valence-corrected chi connectivity index (χ4v) is 1.87. The number of carbonyl (C=O) groups is 3. The Hall–Kier alpha value is -3.22. The molecule has 24 heavy (non-hydrogen) atoms. The average Bonchev–Trinajstić information content (AvgIpc) is 2.59. The summed E-state index contributed by atoms with van der Waals surface area (Å²) in [6.07, 6.45) is 0.163. The number of hydrazine groups is 1. The smallest absolute Gasteiger partial charge is 0.269 e. The minimum Gasteiger partial charge on any atom is -0.347 e. The minimum atomic E-state index is -0.584. The van der Waals surface area contributed by atoms with E-state index in [1.165, 1.54) is 12.1 Å². The van der Waals surface area contributed by atoms with E-state index in [-0.39, 0.29) is 24.4 Å². The molecule has 7 heteroatoms. The van der Waals surface area contributed by atoms with Gasteiger partial charge in [0.2, 0.25) is 5.91 Å². The first-order valence-corrected chi connectivity index (χ1v) is 7.20. The summed E-state index contributed by atoms with van der Waals surface area (Å²) in [6.45, 7) is -0.268. The standard InChI is InChI=1S/C17H16FN3O3/c18-14-8-6-13(7-9-14)17(24)21-20-16(23)11-19-15(22)10-12-4-2-1-3-5-12/h1-9H,10-11H2,(H,19,22)(H,20,23)(H,21,24). The Morgan fingerprint density at radius 3 is 2.17 bits per heavy atom. The molecule has 0 saturated heterocycles. The molecule has 3 N–H and O–H groups in total. The molecule has 0 unspecified atom stereocenters. The molecule has 0 fully saturated rings. The Kier molecular flexibility index (Phi) is 6.01. The number of carbonyl (C=O) groups excluding carboxylic acids is 3. The predicted octanol–water partition coefficient (Wildman–Crippen LogP) is 0.946. The largest absolute Gasteiger partial charge is 0.347 e. The maximum atomic E-state index is 12.8. The lowest BCUT2D eigenvalue weighted by Gasteiger charge is -2.08. The highest BCUT2D eigenvalue weighted by Gasteiger charge is 2.09.